The number of hydrogen-bond acceptors (Lipinski definition) is 2. The summed E-state index contributed by atoms with van der Waals surface area (Å²) in [5.41, 5.74) is 1.37. The summed E-state index contributed by atoms with van der Waals surface area (Å²) in [6.07, 6.45) is 0. The molecule has 0 N–H and O–H groups in total. The van der Waals surface area contributed by atoms with Crippen LogP contribution in [0.2, 0.25) is 0 Å². The van der Waals surface area contributed by atoms with Crippen molar-refractivity contribution in [2.24, 2.45) is 0 Å². The number of thiol groups is 1. The molecule has 2 aromatic carbocycles. The fourth-order valence-electron chi connectivity index (χ4n) is 1.38. The standard InChI is InChI=1S/C15H10OS/c16-14(13-8-4-5-9-15(13)17)11-10-12-6-2-1-3-7-12/h1-9,17H. The highest BCUT2D eigenvalue weighted by Crippen LogP contribution is 2.13. The minimum absolute atomic E-state index is 0.209. The number of rotatable bonds is 1. The lowest BCUT2D eigenvalue weighted by molar-refractivity contribution is 0.105. The van der Waals surface area contributed by atoms with Gasteiger partial charge in [-0.25, -0.2) is 0 Å². The van der Waals surface area contributed by atoms with Gasteiger partial charge in [-0.3, -0.25) is 4.79 Å². The minimum atomic E-state index is -0.209. The van der Waals surface area contributed by atoms with E-state index < -0.39 is 0 Å². The number of carbonyl (C=O) groups excluding carboxylic acids is 1. The second kappa shape index (κ2) is 5.38. The molecule has 0 saturated carbocycles. The monoisotopic (exact) mass is 238 g/mol. The van der Waals surface area contributed by atoms with Gasteiger partial charge in [-0.05, 0) is 30.2 Å². The number of hydrogen-bond donors (Lipinski definition) is 1. The Morgan fingerprint density at radius 3 is 2.29 bits per heavy atom. The lowest BCUT2D eigenvalue weighted by Crippen LogP contribution is -1.96. The van der Waals surface area contributed by atoms with Gasteiger partial charge in [-0.1, -0.05) is 36.3 Å². The summed E-state index contributed by atoms with van der Waals surface area (Å²) in [6, 6.07) is 16.6. The molecule has 0 aliphatic carbocycles. The Labute approximate surface area is 106 Å². The van der Waals surface area contributed by atoms with E-state index in [9.17, 15) is 4.79 Å². The minimum Gasteiger partial charge on any atom is -0.279 e. The van der Waals surface area contributed by atoms with Crippen LogP contribution < -0.4 is 0 Å². The van der Waals surface area contributed by atoms with E-state index in [1.807, 2.05) is 36.4 Å². The average Bonchev–Trinajstić information content (AvgIpc) is 2.38. The van der Waals surface area contributed by atoms with Crippen molar-refractivity contribution in [1.82, 2.24) is 0 Å². The van der Waals surface area contributed by atoms with E-state index in [1.54, 1.807) is 18.2 Å². The Morgan fingerprint density at radius 1 is 0.941 bits per heavy atom. The quantitative estimate of drug-likeness (QED) is 0.458. The normalized spacial score (nSPS) is 9.24. The zero-order chi connectivity index (χ0) is 12.1. The zero-order valence-electron chi connectivity index (χ0n) is 9.05. The maximum absolute atomic E-state index is 11.8. The predicted molar refractivity (Wildman–Crippen MR) is 71.3 cm³/mol. The van der Waals surface area contributed by atoms with Crippen LogP contribution >= 0.6 is 12.6 Å². The fraction of sp³-hybridized carbons (Fsp3) is 0. The maximum atomic E-state index is 11.8. The van der Waals surface area contributed by atoms with Crippen molar-refractivity contribution in [2.75, 3.05) is 0 Å². The number of Topliss-reactive ketones (excluding diaryl/α,β-unsaturated/α-hetero) is 1. The molecule has 0 spiro atoms. The molecule has 0 aliphatic rings. The van der Waals surface area contributed by atoms with Crippen molar-refractivity contribution >= 4 is 18.4 Å². The van der Waals surface area contributed by atoms with E-state index >= 15 is 0 Å². The van der Waals surface area contributed by atoms with Gasteiger partial charge in [0.1, 0.15) is 0 Å². The molecule has 0 atom stereocenters. The Kier molecular flexibility index (Phi) is 3.64. The Bertz CT molecular complexity index is 591. The molecule has 82 valence electrons. The molecule has 0 aliphatic heterocycles. The van der Waals surface area contributed by atoms with Crippen LogP contribution in [0.25, 0.3) is 0 Å². The molecular formula is C15H10OS. The van der Waals surface area contributed by atoms with Crippen molar-refractivity contribution in [3.05, 3.63) is 65.7 Å². The first-order valence-corrected chi connectivity index (χ1v) is 5.61. The van der Waals surface area contributed by atoms with E-state index in [0.29, 0.717) is 10.5 Å². The van der Waals surface area contributed by atoms with Crippen LogP contribution in [0.4, 0.5) is 0 Å². The van der Waals surface area contributed by atoms with Crippen molar-refractivity contribution in [1.29, 1.82) is 0 Å². The van der Waals surface area contributed by atoms with Crippen LogP contribution in [-0.4, -0.2) is 5.78 Å². The van der Waals surface area contributed by atoms with E-state index in [-0.39, 0.29) is 5.78 Å². The molecule has 2 rings (SSSR count). The largest absolute Gasteiger partial charge is 0.279 e. The number of ketones is 1. The highest BCUT2D eigenvalue weighted by atomic mass is 32.1. The van der Waals surface area contributed by atoms with Gasteiger partial charge >= 0.3 is 0 Å². The summed E-state index contributed by atoms with van der Waals surface area (Å²) >= 11 is 4.23. The summed E-state index contributed by atoms with van der Waals surface area (Å²) < 4.78 is 0. The van der Waals surface area contributed by atoms with Crippen LogP contribution in [0.3, 0.4) is 0 Å². The van der Waals surface area contributed by atoms with Gasteiger partial charge in [-0.2, -0.15) is 0 Å². The molecule has 0 saturated heterocycles. The lowest BCUT2D eigenvalue weighted by atomic mass is 10.1. The molecule has 0 aromatic heterocycles. The fourth-order valence-corrected chi connectivity index (χ4v) is 1.65. The molecule has 2 aromatic rings. The Morgan fingerprint density at radius 2 is 1.59 bits per heavy atom. The SMILES string of the molecule is O=C(C#Cc1ccccc1)c1ccccc1S. The third-order valence-electron chi connectivity index (χ3n) is 2.24. The predicted octanol–water partition coefficient (Wildman–Crippen LogP) is 3.21. The van der Waals surface area contributed by atoms with E-state index in [1.165, 1.54) is 0 Å². The van der Waals surface area contributed by atoms with Gasteiger partial charge < -0.3 is 0 Å². The smallest absolute Gasteiger partial charge is 0.237 e. The van der Waals surface area contributed by atoms with Crippen LogP contribution in [0.1, 0.15) is 15.9 Å². The first-order chi connectivity index (χ1) is 8.27. The molecule has 17 heavy (non-hydrogen) atoms. The zero-order valence-corrected chi connectivity index (χ0v) is 9.95. The van der Waals surface area contributed by atoms with E-state index in [2.05, 4.69) is 24.5 Å². The Hall–Kier alpha value is -1.98. The van der Waals surface area contributed by atoms with Gasteiger partial charge in [0.15, 0.2) is 0 Å². The third-order valence-corrected chi connectivity index (χ3v) is 2.63. The molecule has 0 unspecified atom stereocenters. The second-order valence-corrected chi connectivity index (χ2v) is 3.94. The molecule has 0 radical (unpaired) electrons. The van der Waals surface area contributed by atoms with Gasteiger partial charge in [-0.15, -0.1) is 12.6 Å². The average molecular weight is 238 g/mol. The summed E-state index contributed by atoms with van der Waals surface area (Å²) in [6.45, 7) is 0. The lowest BCUT2D eigenvalue weighted by Gasteiger charge is -1.97. The summed E-state index contributed by atoms with van der Waals surface area (Å²) in [5, 5.41) is 0. The number of benzene rings is 2. The molecule has 0 fully saturated rings. The van der Waals surface area contributed by atoms with Crippen LogP contribution in [0.5, 0.6) is 0 Å². The highest BCUT2D eigenvalue weighted by Gasteiger charge is 2.04. The molecular weight excluding hydrogens is 228 g/mol. The van der Waals surface area contributed by atoms with Crippen molar-refractivity contribution < 1.29 is 4.79 Å². The molecule has 0 amide bonds. The molecule has 1 nitrogen and oxygen atoms in total. The van der Waals surface area contributed by atoms with Gasteiger partial charge in [0.2, 0.25) is 5.78 Å². The van der Waals surface area contributed by atoms with Gasteiger partial charge in [0.05, 0.1) is 0 Å². The van der Waals surface area contributed by atoms with Crippen molar-refractivity contribution in [3.8, 4) is 11.8 Å². The maximum Gasteiger partial charge on any atom is 0.237 e. The van der Waals surface area contributed by atoms with E-state index in [4.69, 9.17) is 0 Å². The first-order valence-electron chi connectivity index (χ1n) is 5.17. The number of carbonyl (C=O) groups is 1. The van der Waals surface area contributed by atoms with Crippen molar-refractivity contribution in [3.63, 3.8) is 0 Å². The van der Waals surface area contributed by atoms with Crippen LogP contribution in [-0.2, 0) is 0 Å². The first kappa shape index (κ1) is 11.5. The summed E-state index contributed by atoms with van der Waals surface area (Å²) in [4.78, 5) is 12.5. The van der Waals surface area contributed by atoms with Crippen molar-refractivity contribution in [2.45, 2.75) is 4.90 Å². The third kappa shape index (κ3) is 2.99. The van der Waals surface area contributed by atoms with Gasteiger partial charge in [0.25, 0.3) is 0 Å². The Balaban J connectivity index is 2.24. The molecule has 2 heteroatoms. The van der Waals surface area contributed by atoms with Crippen LogP contribution in [0, 0.1) is 11.8 Å². The van der Waals surface area contributed by atoms with Crippen LogP contribution in [0.15, 0.2) is 59.5 Å². The highest BCUT2D eigenvalue weighted by molar-refractivity contribution is 7.80. The van der Waals surface area contributed by atoms with Gasteiger partial charge in [0, 0.05) is 16.0 Å². The molecule has 0 bridgehead atoms. The summed E-state index contributed by atoms with van der Waals surface area (Å²) in [5.74, 6) is 5.25. The summed E-state index contributed by atoms with van der Waals surface area (Å²) in [7, 11) is 0. The van der Waals surface area contributed by atoms with E-state index in [0.717, 1.165) is 5.56 Å². The molecule has 0 heterocycles. The second-order valence-electron chi connectivity index (χ2n) is 3.46. The topological polar surface area (TPSA) is 17.1 Å².